The Balaban J connectivity index is 2.36. The second-order valence-electron chi connectivity index (χ2n) is 5.39. The van der Waals surface area contributed by atoms with Gasteiger partial charge in [0.25, 0.3) is 5.69 Å². The lowest BCUT2D eigenvalue weighted by molar-refractivity contribution is -0.385. The third-order valence-electron chi connectivity index (χ3n) is 3.46. The van der Waals surface area contributed by atoms with Gasteiger partial charge in [-0.05, 0) is 31.6 Å². The standard InChI is InChI=1S/C14H12Cl2N2O6S/c1-8-6-11(12(15)14(2,16)13(8)19)17-24-25(22,23)10-5-3-4-9(7-10)18(20)21/h3-7,12H,1-2H3/b17-11-. The predicted molar refractivity (Wildman–Crippen MR) is 91.5 cm³/mol. The van der Waals surface area contributed by atoms with E-state index in [2.05, 4.69) is 9.44 Å². The Morgan fingerprint density at radius 2 is 2.04 bits per heavy atom. The summed E-state index contributed by atoms with van der Waals surface area (Å²) in [7, 11) is -4.42. The zero-order chi connectivity index (χ0) is 19.0. The Hall–Kier alpha value is -1.97. The second kappa shape index (κ2) is 6.74. The second-order valence-corrected chi connectivity index (χ2v) is 8.14. The summed E-state index contributed by atoms with van der Waals surface area (Å²) in [6, 6.07) is 4.30. The minimum Gasteiger partial charge on any atom is -0.292 e. The van der Waals surface area contributed by atoms with Crippen LogP contribution in [0, 0.1) is 10.1 Å². The van der Waals surface area contributed by atoms with E-state index in [1.807, 2.05) is 0 Å². The topological polar surface area (TPSA) is 116 Å². The molecule has 0 heterocycles. The van der Waals surface area contributed by atoms with Gasteiger partial charge in [0, 0.05) is 12.1 Å². The van der Waals surface area contributed by atoms with E-state index < -0.39 is 41.7 Å². The van der Waals surface area contributed by atoms with Crippen LogP contribution >= 0.6 is 23.2 Å². The van der Waals surface area contributed by atoms with Gasteiger partial charge in [0.15, 0.2) is 5.78 Å². The molecular formula is C14H12Cl2N2O6S. The van der Waals surface area contributed by atoms with E-state index in [1.165, 1.54) is 26.0 Å². The van der Waals surface area contributed by atoms with E-state index in [1.54, 1.807) is 0 Å². The van der Waals surface area contributed by atoms with Gasteiger partial charge in [0.05, 0.1) is 4.92 Å². The number of benzene rings is 1. The van der Waals surface area contributed by atoms with Gasteiger partial charge >= 0.3 is 10.1 Å². The van der Waals surface area contributed by atoms with Crippen LogP contribution in [0.15, 0.2) is 46.0 Å². The molecule has 1 aliphatic rings. The lowest BCUT2D eigenvalue weighted by atomic mass is 9.87. The molecule has 0 saturated heterocycles. The van der Waals surface area contributed by atoms with Gasteiger partial charge in [-0.25, -0.2) is 0 Å². The van der Waals surface area contributed by atoms with E-state index >= 15 is 0 Å². The molecule has 0 radical (unpaired) electrons. The summed E-state index contributed by atoms with van der Waals surface area (Å²) in [5.74, 6) is -0.408. The lowest BCUT2D eigenvalue weighted by Crippen LogP contribution is -2.46. The molecule has 1 aromatic rings. The zero-order valence-corrected chi connectivity index (χ0v) is 15.3. The molecule has 2 atom stereocenters. The number of nitro benzene ring substituents is 1. The Kier molecular flexibility index (Phi) is 5.22. The van der Waals surface area contributed by atoms with Crippen molar-refractivity contribution in [3.63, 3.8) is 0 Å². The molecule has 2 rings (SSSR count). The number of rotatable bonds is 4. The fourth-order valence-corrected chi connectivity index (χ4v) is 3.34. The smallest absolute Gasteiger partial charge is 0.292 e. The number of hydrogen-bond donors (Lipinski definition) is 0. The van der Waals surface area contributed by atoms with Crippen molar-refractivity contribution in [3.8, 4) is 0 Å². The molecule has 0 aliphatic heterocycles. The molecule has 25 heavy (non-hydrogen) atoms. The van der Waals surface area contributed by atoms with Gasteiger partial charge in [0.2, 0.25) is 0 Å². The fourth-order valence-electron chi connectivity index (χ4n) is 2.10. The van der Waals surface area contributed by atoms with Crippen molar-refractivity contribution in [2.75, 3.05) is 0 Å². The third-order valence-corrected chi connectivity index (χ3v) is 5.72. The van der Waals surface area contributed by atoms with Crippen LogP contribution in [0.4, 0.5) is 5.69 Å². The van der Waals surface area contributed by atoms with E-state index in [9.17, 15) is 23.3 Å². The quantitative estimate of drug-likeness (QED) is 0.431. The first-order valence-corrected chi connectivity index (χ1v) is 9.01. The Morgan fingerprint density at radius 1 is 1.40 bits per heavy atom. The van der Waals surface area contributed by atoms with E-state index in [0.29, 0.717) is 0 Å². The minimum atomic E-state index is -4.42. The van der Waals surface area contributed by atoms with Crippen molar-refractivity contribution >= 4 is 50.5 Å². The van der Waals surface area contributed by atoms with Crippen LogP contribution in [0.1, 0.15) is 13.8 Å². The highest BCUT2D eigenvalue weighted by molar-refractivity contribution is 7.86. The lowest BCUT2D eigenvalue weighted by Gasteiger charge is -2.29. The van der Waals surface area contributed by atoms with Crippen molar-refractivity contribution in [1.29, 1.82) is 0 Å². The molecule has 0 saturated carbocycles. The number of carbonyl (C=O) groups is 1. The van der Waals surface area contributed by atoms with E-state index in [4.69, 9.17) is 23.2 Å². The number of halogens is 2. The van der Waals surface area contributed by atoms with Crippen molar-refractivity contribution in [1.82, 2.24) is 0 Å². The van der Waals surface area contributed by atoms with Crippen molar-refractivity contribution in [2.24, 2.45) is 5.16 Å². The third kappa shape index (κ3) is 3.83. The zero-order valence-electron chi connectivity index (χ0n) is 13.0. The van der Waals surface area contributed by atoms with Crippen LogP contribution in [0.2, 0.25) is 0 Å². The van der Waals surface area contributed by atoms with Crippen LogP contribution in [-0.4, -0.2) is 35.1 Å². The van der Waals surface area contributed by atoms with Crippen molar-refractivity contribution in [2.45, 2.75) is 29.0 Å². The van der Waals surface area contributed by atoms with Gasteiger partial charge in [-0.3, -0.25) is 19.2 Å². The molecule has 0 bridgehead atoms. The number of allylic oxidation sites excluding steroid dienone is 2. The van der Waals surface area contributed by atoms with Crippen molar-refractivity contribution < 1.29 is 22.4 Å². The predicted octanol–water partition coefficient (Wildman–Crippen LogP) is 2.79. The summed E-state index contributed by atoms with van der Waals surface area (Å²) in [5, 5.41) is 13.1. The minimum absolute atomic E-state index is 0.0507. The van der Waals surface area contributed by atoms with Gasteiger partial charge in [-0.1, -0.05) is 11.2 Å². The molecular weight excluding hydrogens is 395 g/mol. The van der Waals surface area contributed by atoms with Crippen LogP contribution in [0.3, 0.4) is 0 Å². The molecule has 134 valence electrons. The summed E-state index contributed by atoms with van der Waals surface area (Å²) >= 11 is 12.2. The Morgan fingerprint density at radius 3 is 2.64 bits per heavy atom. The summed E-state index contributed by atoms with van der Waals surface area (Å²) in [6.07, 6.45) is 1.27. The van der Waals surface area contributed by atoms with Gasteiger partial charge < -0.3 is 0 Å². The van der Waals surface area contributed by atoms with E-state index in [-0.39, 0.29) is 11.3 Å². The number of Topliss-reactive ketones (excluding diaryl/α,β-unsaturated/α-hetero) is 1. The number of nitro groups is 1. The summed E-state index contributed by atoms with van der Waals surface area (Å²) < 4.78 is 28.9. The first-order chi connectivity index (χ1) is 11.5. The number of oxime groups is 1. The van der Waals surface area contributed by atoms with Crippen LogP contribution in [0.5, 0.6) is 0 Å². The van der Waals surface area contributed by atoms with Crippen LogP contribution in [0.25, 0.3) is 0 Å². The number of non-ortho nitro benzene ring substituents is 1. The fraction of sp³-hybridized carbons (Fsp3) is 0.286. The summed E-state index contributed by atoms with van der Waals surface area (Å²) in [5.41, 5.74) is -0.227. The number of hydrogen-bond acceptors (Lipinski definition) is 7. The number of alkyl halides is 2. The molecule has 0 spiro atoms. The first kappa shape index (κ1) is 19.4. The largest absolute Gasteiger partial charge is 0.358 e. The van der Waals surface area contributed by atoms with Crippen LogP contribution < -0.4 is 0 Å². The summed E-state index contributed by atoms with van der Waals surface area (Å²) in [6.45, 7) is 2.87. The first-order valence-electron chi connectivity index (χ1n) is 6.79. The monoisotopic (exact) mass is 406 g/mol. The maximum atomic E-state index is 12.1. The number of ketones is 1. The Bertz CT molecular complexity index is 908. The highest BCUT2D eigenvalue weighted by Crippen LogP contribution is 2.33. The molecule has 8 nitrogen and oxygen atoms in total. The van der Waals surface area contributed by atoms with Gasteiger partial charge in [0.1, 0.15) is 20.9 Å². The normalized spacial score (nSPS) is 25.6. The summed E-state index contributed by atoms with van der Waals surface area (Å²) in [4.78, 5) is 20.0. The van der Waals surface area contributed by atoms with Gasteiger partial charge in [-0.2, -0.15) is 8.42 Å². The van der Waals surface area contributed by atoms with Crippen molar-refractivity contribution in [3.05, 3.63) is 46.0 Å². The molecule has 0 N–H and O–H groups in total. The highest BCUT2D eigenvalue weighted by atomic mass is 35.5. The van der Waals surface area contributed by atoms with Crippen LogP contribution in [-0.2, 0) is 19.2 Å². The molecule has 0 amide bonds. The average molecular weight is 407 g/mol. The number of nitrogens with zero attached hydrogens (tertiary/aromatic N) is 2. The highest BCUT2D eigenvalue weighted by Gasteiger charge is 2.45. The molecule has 1 aromatic carbocycles. The molecule has 2 unspecified atom stereocenters. The molecule has 0 fully saturated rings. The maximum absolute atomic E-state index is 12.1. The number of carbonyl (C=O) groups excluding carboxylic acids is 1. The molecule has 11 heteroatoms. The average Bonchev–Trinajstić information content (AvgIpc) is 2.55. The Labute approximate surface area is 153 Å². The maximum Gasteiger partial charge on any atom is 0.358 e. The van der Waals surface area contributed by atoms with E-state index in [0.717, 1.165) is 18.2 Å². The molecule has 1 aliphatic carbocycles. The SMILES string of the molecule is CC1=C/C(=N/OS(=O)(=O)c2cccc([N+](=O)[O-])c2)C(Cl)C(C)(Cl)C1=O. The van der Waals surface area contributed by atoms with Gasteiger partial charge in [-0.15, -0.1) is 23.2 Å². The molecule has 0 aromatic heterocycles.